The minimum Gasteiger partial charge on any atom is -0.484 e. The third-order valence-electron chi connectivity index (χ3n) is 4.34. The van der Waals surface area contributed by atoms with Crippen LogP contribution in [-0.4, -0.2) is 48.7 Å². The van der Waals surface area contributed by atoms with E-state index in [0.717, 1.165) is 18.9 Å². The van der Waals surface area contributed by atoms with Crippen LogP contribution in [0.1, 0.15) is 25.1 Å². The fourth-order valence-electron chi connectivity index (χ4n) is 2.96. The molecule has 2 aromatic rings. The summed E-state index contributed by atoms with van der Waals surface area (Å²) in [5.41, 5.74) is 0. The van der Waals surface area contributed by atoms with Crippen molar-refractivity contribution in [2.75, 3.05) is 37.7 Å². The predicted molar refractivity (Wildman–Crippen MR) is 103 cm³/mol. The molecule has 0 unspecified atom stereocenters. The Morgan fingerprint density at radius 1 is 1.14 bits per heavy atom. The highest BCUT2D eigenvalue weighted by atomic mass is 19.1. The summed E-state index contributed by atoms with van der Waals surface area (Å²) in [5.74, 6) is 1.87. The van der Waals surface area contributed by atoms with Crippen molar-refractivity contribution in [2.24, 2.45) is 0 Å². The molecule has 28 heavy (non-hydrogen) atoms. The van der Waals surface area contributed by atoms with Gasteiger partial charge in [-0.05, 0) is 50.5 Å². The van der Waals surface area contributed by atoms with E-state index in [1.54, 1.807) is 0 Å². The van der Waals surface area contributed by atoms with E-state index < -0.39 is 0 Å². The summed E-state index contributed by atoms with van der Waals surface area (Å²) in [6, 6.07) is 7.36. The van der Waals surface area contributed by atoms with Crippen LogP contribution in [0.3, 0.4) is 0 Å². The molecule has 0 saturated carbocycles. The lowest BCUT2D eigenvalue weighted by molar-refractivity contribution is -0.123. The van der Waals surface area contributed by atoms with Crippen LogP contribution in [-0.2, 0) is 4.79 Å². The molecule has 7 nitrogen and oxygen atoms in total. The van der Waals surface area contributed by atoms with Gasteiger partial charge in [0, 0.05) is 19.2 Å². The number of carbonyl (C=O) groups excluding carboxylic acids is 1. The molecule has 3 rings (SSSR count). The number of ether oxygens (including phenoxy) is 2. The first-order valence-corrected chi connectivity index (χ1v) is 9.49. The van der Waals surface area contributed by atoms with E-state index in [0.29, 0.717) is 24.0 Å². The molecular formula is C20H25FN4O3. The molecule has 0 aliphatic carbocycles. The first-order valence-electron chi connectivity index (χ1n) is 9.49. The maximum absolute atomic E-state index is 12.8. The minimum atomic E-state index is -0.350. The number of nitrogens with one attached hydrogen (secondary N) is 1. The quantitative estimate of drug-likeness (QED) is 0.700. The number of aromatic nitrogens is 2. The van der Waals surface area contributed by atoms with Gasteiger partial charge in [-0.1, -0.05) is 0 Å². The topological polar surface area (TPSA) is 76.6 Å². The molecule has 0 bridgehead atoms. The molecule has 1 saturated heterocycles. The maximum Gasteiger partial charge on any atom is 0.258 e. The SMILES string of the molecule is Cc1nc(OCCNC(=O)COc2ccc(F)cc2)cc(N2CCCCC2)n1. The minimum absolute atomic E-state index is 0.142. The van der Waals surface area contributed by atoms with Crippen molar-refractivity contribution in [2.45, 2.75) is 26.2 Å². The van der Waals surface area contributed by atoms with Crippen LogP contribution < -0.4 is 19.7 Å². The zero-order valence-corrected chi connectivity index (χ0v) is 16.0. The van der Waals surface area contributed by atoms with Crippen LogP contribution in [0.4, 0.5) is 10.2 Å². The van der Waals surface area contributed by atoms with Crippen LogP contribution in [0, 0.1) is 12.7 Å². The number of carbonyl (C=O) groups is 1. The summed E-state index contributed by atoms with van der Waals surface area (Å²) in [6.45, 7) is 4.32. The Balaban J connectivity index is 1.40. The lowest BCUT2D eigenvalue weighted by Crippen LogP contribution is -2.32. The summed E-state index contributed by atoms with van der Waals surface area (Å²) in [7, 11) is 0. The van der Waals surface area contributed by atoms with Crippen molar-refractivity contribution in [3.8, 4) is 11.6 Å². The van der Waals surface area contributed by atoms with Gasteiger partial charge >= 0.3 is 0 Å². The predicted octanol–water partition coefficient (Wildman–Crippen LogP) is 2.49. The second-order valence-corrected chi connectivity index (χ2v) is 6.60. The third-order valence-corrected chi connectivity index (χ3v) is 4.34. The van der Waals surface area contributed by atoms with Gasteiger partial charge in [0.15, 0.2) is 6.61 Å². The number of aryl methyl sites for hydroxylation is 1. The van der Waals surface area contributed by atoms with E-state index in [-0.39, 0.29) is 24.9 Å². The fourth-order valence-corrected chi connectivity index (χ4v) is 2.96. The largest absolute Gasteiger partial charge is 0.484 e. The number of benzene rings is 1. The second-order valence-electron chi connectivity index (χ2n) is 6.60. The Morgan fingerprint density at radius 2 is 1.89 bits per heavy atom. The number of halogens is 1. The number of rotatable bonds is 8. The highest BCUT2D eigenvalue weighted by molar-refractivity contribution is 5.77. The van der Waals surface area contributed by atoms with E-state index >= 15 is 0 Å². The number of amides is 1. The Morgan fingerprint density at radius 3 is 2.64 bits per heavy atom. The summed E-state index contributed by atoms with van der Waals surface area (Å²) in [5, 5.41) is 2.71. The summed E-state index contributed by atoms with van der Waals surface area (Å²) in [6.07, 6.45) is 3.60. The smallest absolute Gasteiger partial charge is 0.258 e. The number of nitrogens with zero attached hydrogens (tertiary/aromatic N) is 3. The summed E-state index contributed by atoms with van der Waals surface area (Å²) < 4.78 is 23.8. The maximum atomic E-state index is 12.8. The van der Waals surface area contributed by atoms with Crippen LogP contribution in [0.5, 0.6) is 11.6 Å². The molecule has 1 N–H and O–H groups in total. The van der Waals surface area contributed by atoms with E-state index in [1.807, 2.05) is 13.0 Å². The van der Waals surface area contributed by atoms with Crippen molar-refractivity contribution >= 4 is 11.7 Å². The first kappa shape index (κ1) is 19.9. The lowest BCUT2D eigenvalue weighted by atomic mass is 10.1. The molecular weight excluding hydrogens is 363 g/mol. The first-order chi connectivity index (χ1) is 13.6. The molecule has 1 aromatic carbocycles. The normalized spacial score (nSPS) is 13.9. The molecule has 0 spiro atoms. The number of anilines is 1. The molecule has 8 heteroatoms. The van der Waals surface area contributed by atoms with Crippen LogP contribution in [0.2, 0.25) is 0 Å². The van der Waals surface area contributed by atoms with Gasteiger partial charge in [-0.2, -0.15) is 4.98 Å². The van der Waals surface area contributed by atoms with Gasteiger partial charge in [-0.15, -0.1) is 0 Å². The Kier molecular flexibility index (Phi) is 7.00. The highest BCUT2D eigenvalue weighted by Gasteiger charge is 2.14. The average Bonchev–Trinajstić information content (AvgIpc) is 2.71. The van der Waals surface area contributed by atoms with Gasteiger partial charge in [-0.3, -0.25) is 4.79 Å². The zero-order chi connectivity index (χ0) is 19.8. The summed E-state index contributed by atoms with van der Waals surface area (Å²) in [4.78, 5) is 22.9. The van der Waals surface area contributed by atoms with Gasteiger partial charge in [-0.25, -0.2) is 9.37 Å². The van der Waals surface area contributed by atoms with Gasteiger partial charge in [0.1, 0.15) is 29.8 Å². The molecule has 1 amide bonds. The van der Waals surface area contributed by atoms with Gasteiger partial charge in [0.25, 0.3) is 5.91 Å². The Hall–Kier alpha value is -2.90. The van der Waals surface area contributed by atoms with Crippen LogP contribution >= 0.6 is 0 Å². The van der Waals surface area contributed by atoms with Crippen molar-refractivity contribution in [3.63, 3.8) is 0 Å². The molecule has 0 radical (unpaired) electrons. The summed E-state index contributed by atoms with van der Waals surface area (Å²) >= 11 is 0. The zero-order valence-electron chi connectivity index (χ0n) is 16.0. The Labute approximate surface area is 163 Å². The molecule has 1 aliphatic rings. The fraction of sp³-hybridized carbons (Fsp3) is 0.450. The average molecular weight is 388 g/mol. The van der Waals surface area contributed by atoms with Crippen molar-refractivity contribution in [1.29, 1.82) is 0 Å². The van der Waals surface area contributed by atoms with Crippen molar-refractivity contribution < 1.29 is 18.7 Å². The highest BCUT2D eigenvalue weighted by Crippen LogP contribution is 2.21. The van der Waals surface area contributed by atoms with Gasteiger partial charge < -0.3 is 19.7 Å². The van der Waals surface area contributed by atoms with Gasteiger partial charge in [0.2, 0.25) is 5.88 Å². The molecule has 2 heterocycles. The third kappa shape index (κ3) is 6.07. The van der Waals surface area contributed by atoms with Crippen molar-refractivity contribution in [3.05, 3.63) is 42.0 Å². The van der Waals surface area contributed by atoms with E-state index in [9.17, 15) is 9.18 Å². The number of piperidine rings is 1. The second kappa shape index (κ2) is 9.87. The molecule has 150 valence electrons. The lowest BCUT2D eigenvalue weighted by Gasteiger charge is -2.28. The van der Waals surface area contributed by atoms with Crippen molar-refractivity contribution in [1.82, 2.24) is 15.3 Å². The van der Waals surface area contributed by atoms with Crippen LogP contribution in [0.25, 0.3) is 0 Å². The molecule has 1 aromatic heterocycles. The number of hydrogen-bond donors (Lipinski definition) is 1. The van der Waals surface area contributed by atoms with Crippen LogP contribution in [0.15, 0.2) is 30.3 Å². The van der Waals surface area contributed by atoms with E-state index in [1.165, 1.54) is 43.5 Å². The van der Waals surface area contributed by atoms with E-state index in [2.05, 4.69) is 20.2 Å². The number of hydrogen-bond acceptors (Lipinski definition) is 6. The van der Waals surface area contributed by atoms with Gasteiger partial charge in [0.05, 0.1) is 6.54 Å². The standard InChI is InChI=1S/C20H25FN4O3/c1-15-23-18(25-10-3-2-4-11-25)13-20(24-15)27-12-9-22-19(26)14-28-17-7-5-16(21)6-8-17/h5-8,13H,2-4,9-12,14H2,1H3,(H,22,26). The molecule has 0 atom stereocenters. The molecule has 1 aliphatic heterocycles. The monoisotopic (exact) mass is 388 g/mol. The molecule has 1 fully saturated rings. The Bertz CT molecular complexity index is 780. The van der Waals surface area contributed by atoms with E-state index in [4.69, 9.17) is 9.47 Å².